The van der Waals surface area contributed by atoms with Gasteiger partial charge in [0.15, 0.2) is 0 Å². The highest BCUT2D eigenvalue weighted by Gasteiger charge is 2.28. The summed E-state index contributed by atoms with van der Waals surface area (Å²) in [6.07, 6.45) is 1.75. The van der Waals surface area contributed by atoms with Gasteiger partial charge in [0.05, 0.1) is 23.8 Å². The Morgan fingerprint density at radius 1 is 1.21 bits per heavy atom. The third kappa shape index (κ3) is 5.24. The summed E-state index contributed by atoms with van der Waals surface area (Å²) < 4.78 is 51.1. The van der Waals surface area contributed by atoms with E-state index in [4.69, 9.17) is 9.47 Å². The highest BCUT2D eigenvalue weighted by molar-refractivity contribution is 7.92. The lowest BCUT2D eigenvalue weighted by Crippen LogP contribution is -2.42. The van der Waals surface area contributed by atoms with Crippen molar-refractivity contribution in [3.05, 3.63) is 54.3 Å². The smallest absolute Gasteiger partial charge is 0.264 e. The molecule has 1 atom stereocenters. The van der Waals surface area contributed by atoms with Gasteiger partial charge in [0, 0.05) is 13.2 Å². The molecule has 2 aromatic carbocycles. The number of rotatable bonds is 8. The van der Waals surface area contributed by atoms with Crippen LogP contribution in [0.4, 0.5) is 10.1 Å². The minimum atomic E-state index is -4.09. The molecule has 156 valence electrons. The fraction of sp³-hybridized carbons (Fsp3) is 0.350. The van der Waals surface area contributed by atoms with Crippen molar-refractivity contribution in [2.24, 2.45) is 0 Å². The number of nitrogens with one attached hydrogen (secondary N) is 1. The van der Waals surface area contributed by atoms with E-state index in [1.54, 1.807) is 24.3 Å². The van der Waals surface area contributed by atoms with Gasteiger partial charge in [-0.05, 0) is 61.4 Å². The van der Waals surface area contributed by atoms with E-state index in [0.717, 1.165) is 29.3 Å². The van der Waals surface area contributed by atoms with Crippen molar-refractivity contribution in [1.82, 2.24) is 5.32 Å². The summed E-state index contributed by atoms with van der Waals surface area (Å²) in [7, 11) is -2.59. The number of ether oxygens (including phenoxy) is 2. The first-order valence-electron chi connectivity index (χ1n) is 9.21. The zero-order chi connectivity index (χ0) is 20.9. The average molecular weight is 422 g/mol. The number of halogens is 1. The van der Waals surface area contributed by atoms with Crippen molar-refractivity contribution in [3.8, 4) is 5.75 Å². The van der Waals surface area contributed by atoms with Crippen LogP contribution >= 0.6 is 0 Å². The standard InChI is InChI=1S/C20H23FN2O5S/c1-27-17-8-6-16(7-9-17)23(14-20(24)22-13-18-3-2-12-28-18)29(25,26)19-10-4-15(21)5-11-19/h4-11,18H,2-3,12-14H2,1H3,(H,22,24)/t18-/m0/s1. The van der Waals surface area contributed by atoms with Crippen molar-refractivity contribution in [2.45, 2.75) is 23.8 Å². The molecule has 7 nitrogen and oxygen atoms in total. The number of anilines is 1. The van der Waals surface area contributed by atoms with Crippen LogP contribution in [0.1, 0.15) is 12.8 Å². The third-order valence-corrected chi connectivity index (χ3v) is 6.39. The Hall–Kier alpha value is -2.65. The van der Waals surface area contributed by atoms with Gasteiger partial charge >= 0.3 is 0 Å². The van der Waals surface area contributed by atoms with Crippen molar-refractivity contribution in [1.29, 1.82) is 0 Å². The predicted octanol–water partition coefficient (Wildman–Crippen LogP) is 2.32. The third-order valence-electron chi connectivity index (χ3n) is 4.60. The lowest BCUT2D eigenvalue weighted by molar-refractivity contribution is -0.120. The number of carbonyl (C=O) groups is 1. The highest BCUT2D eigenvalue weighted by atomic mass is 32.2. The molecule has 9 heteroatoms. The SMILES string of the molecule is COc1ccc(N(CC(=O)NC[C@@H]2CCCO2)S(=O)(=O)c2ccc(F)cc2)cc1. The van der Waals surface area contributed by atoms with Gasteiger partial charge in [-0.2, -0.15) is 0 Å². The number of benzene rings is 2. The maximum Gasteiger partial charge on any atom is 0.264 e. The van der Waals surface area contributed by atoms with E-state index in [0.29, 0.717) is 24.6 Å². The van der Waals surface area contributed by atoms with E-state index < -0.39 is 28.3 Å². The second-order valence-electron chi connectivity index (χ2n) is 6.60. The number of carbonyl (C=O) groups excluding carboxylic acids is 1. The topological polar surface area (TPSA) is 84.9 Å². The number of methoxy groups -OCH3 is 1. The van der Waals surface area contributed by atoms with Gasteiger partial charge in [0.25, 0.3) is 10.0 Å². The largest absolute Gasteiger partial charge is 0.497 e. The molecule has 29 heavy (non-hydrogen) atoms. The molecule has 0 radical (unpaired) electrons. The van der Waals surface area contributed by atoms with Gasteiger partial charge in [-0.25, -0.2) is 12.8 Å². The summed E-state index contributed by atoms with van der Waals surface area (Å²) in [5, 5.41) is 2.73. The van der Waals surface area contributed by atoms with Crippen LogP contribution in [0.3, 0.4) is 0 Å². The summed E-state index contributed by atoms with van der Waals surface area (Å²) in [5.74, 6) is -0.452. The maximum absolute atomic E-state index is 13.2. The second-order valence-corrected chi connectivity index (χ2v) is 8.47. The minimum Gasteiger partial charge on any atom is -0.497 e. The first-order chi connectivity index (χ1) is 13.9. The molecule has 1 fully saturated rings. The first-order valence-corrected chi connectivity index (χ1v) is 10.6. The van der Waals surface area contributed by atoms with Gasteiger partial charge in [-0.1, -0.05) is 0 Å². The molecule has 1 aliphatic heterocycles. The molecule has 1 heterocycles. The number of sulfonamides is 1. The Kier molecular flexibility index (Phi) is 6.71. The van der Waals surface area contributed by atoms with Gasteiger partial charge in [0.2, 0.25) is 5.91 Å². The molecule has 0 unspecified atom stereocenters. The lowest BCUT2D eigenvalue weighted by atomic mass is 10.2. The molecule has 1 N–H and O–H groups in total. The molecule has 0 aromatic heterocycles. The molecule has 0 aliphatic carbocycles. The number of hydrogen-bond acceptors (Lipinski definition) is 5. The molecular formula is C20H23FN2O5S. The van der Waals surface area contributed by atoms with Crippen LogP contribution in [-0.4, -0.2) is 47.2 Å². The van der Waals surface area contributed by atoms with E-state index in [1.165, 1.54) is 19.2 Å². The molecule has 3 rings (SSSR count). The molecule has 2 aromatic rings. The van der Waals surface area contributed by atoms with E-state index >= 15 is 0 Å². The molecule has 1 saturated heterocycles. The van der Waals surface area contributed by atoms with E-state index in [1.807, 2.05) is 0 Å². The molecule has 0 bridgehead atoms. The quantitative estimate of drug-likeness (QED) is 0.706. The zero-order valence-corrected chi connectivity index (χ0v) is 16.8. The zero-order valence-electron chi connectivity index (χ0n) is 16.0. The molecular weight excluding hydrogens is 399 g/mol. The highest BCUT2D eigenvalue weighted by Crippen LogP contribution is 2.26. The van der Waals surface area contributed by atoms with Crippen LogP contribution in [0.5, 0.6) is 5.75 Å². The monoisotopic (exact) mass is 422 g/mol. The Balaban J connectivity index is 1.84. The lowest BCUT2D eigenvalue weighted by Gasteiger charge is -2.24. The van der Waals surface area contributed by atoms with Crippen LogP contribution < -0.4 is 14.4 Å². The molecule has 1 amide bonds. The van der Waals surface area contributed by atoms with Gasteiger partial charge in [-0.15, -0.1) is 0 Å². The van der Waals surface area contributed by atoms with Crippen LogP contribution in [0.15, 0.2) is 53.4 Å². The Labute approximate surface area is 169 Å². The van der Waals surface area contributed by atoms with Crippen LogP contribution in [0.25, 0.3) is 0 Å². The van der Waals surface area contributed by atoms with E-state index in [2.05, 4.69) is 5.32 Å². The fourth-order valence-corrected chi connectivity index (χ4v) is 4.44. The fourth-order valence-electron chi connectivity index (χ4n) is 3.02. The Morgan fingerprint density at radius 3 is 2.48 bits per heavy atom. The average Bonchev–Trinajstić information content (AvgIpc) is 3.24. The first kappa shape index (κ1) is 21.1. The summed E-state index contributed by atoms with van der Waals surface area (Å²) in [4.78, 5) is 12.4. The maximum atomic E-state index is 13.2. The van der Waals surface area contributed by atoms with Crippen molar-refractivity contribution >= 4 is 21.6 Å². The van der Waals surface area contributed by atoms with Gasteiger partial charge in [0.1, 0.15) is 18.1 Å². The summed E-state index contributed by atoms with van der Waals surface area (Å²) >= 11 is 0. The minimum absolute atomic E-state index is 0.0536. The van der Waals surface area contributed by atoms with Gasteiger partial charge < -0.3 is 14.8 Å². The summed E-state index contributed by atoms with van der Waals surface area (Å²) in [5.41, 5.74) is 0.294. The summed E-state index contributed by atoms with van der Waals surface area (Å²) in [6.45, 7) is 0.572. The van der Waals surface area contributed by atoms with Crippen LogP contribution in [-0.2, 0) is 19.6 Å². The van der Waals surface area contributed by atoms with Crippen molar-refractivity contribution in [3.63, 3.8) is 0 Å². The number of nitrogens with zero attached hydrogens (tertiary/aromatic N) is 1. The Bertz CT molecular complexity index is 926. The van der Waals surface area contributed by atoms with Crippen LogP contribution in [0, 0.1) is 5.82 Å². The van der Waals surface area contributed by atoms with Crippen molar-refractivity contribution in [2.75, 3.05) is 31.1 Å². The number of amides is 1. The predicted molar refractivity (Wildman–Crippen MR) is 106 cm³/mol. The molecule has 1 aliphatic rings. The van der Waals surface area contributed by atoms with E-state index in [9.17, 15) is 17.6 Å². The van der Waals surface area contributed by atoms with Crippen LogP contribution in [0.2, 0.25) is 0 Å². The van der Waals surface area contributed by atoms with Gasteiger partial charge in [-0.3, -0.25) is 9.10 Å². The molecule has 0 saturated carbocycles. The molecule has 0 spiro atoms. The normalized spacial score (nSPS) is 16.4. The summed E-state index contributed by atoms with van der Waals surface area (Å²) in [6, 6.07) is 10.8. The Morgan fingerprint density at radius 2 is 1.90 bits per heavy atom. The van der Waals surface area contributed by atoms with E-state index in [-0.39, 0.29) is 11.0 Å². The van der Waals surface area contributed by atoms with Crippen molar-refractivity contribution < 1.29 is 27.1 Å². The number of hydrogen-bond donors (Lipinski definition) is 1. The second kappa shape index (κ2) is 9.23.